The van der Waals surface area contributed by atoms with E-state index in [1.807, 2.05) is 6.07 Å². The Hall–Kier alpha value is -1.05. The quantitative estimate of drug-likeness (QED) is 0.688. The monoisotopic (exact) mass is 162 g/mol. The summed E-state index contributed by atoms with van der Waals surface area (Å²) in [5.41, 5.74) is 7.05. The summed E-state index contributed by atoms with van der Waals surface area (Å²) in [7, 11) is 0. The van der Waals surface area contributed by atoms with Crippen molar-refractivity contribution in [2.24, 2.45) is 0 Å². The Bertz CT molecular complexity index is 264. The van der Waals surface area contributed by atoms with Crippen LogP contribution in [0.1, 0.15) is 37.2 Å². The summed E-state index contributed by atoms with van der Waals surface area (Å²) in [4.78, 5) is 4.10. The molecular formula is C10H14N2. The van der Waals surface area contributed by atoms with Crippen molar-refractivity contribution in [2.45, 2.75) is 31.6 Å². The normalized spacial score (nSPS) is 18.3. The third kappa shape index (κ3) is 1.29. The maximum Gasteiger partial charge on any atom is 0.126 e. The average molecular weight is 162 g/mol. The topological polar surface area (TPSA) is 38.9 Å². The van der Waals surface area contributed by atoms with E-state index in [0.29, 0.717) is 5.92 Å². The SMILES string of the molecule is Nc1ncccc1C1CCCC1. The van der Waals surface area contributed by atoms with E-state index < -0.39 is 0 Å². The van der Waals surface area contributed by atoms with Gasteiger partial charge in [-0.2, -0.15) is 0 Å². The lowest BCUT2D eigenvalue weighted by Gasteiger charge is -2.10. The Balaban J connectivity index is 2.26. The molecule has 0 amide bonds. The van der Waals surface area contributed by atoms with E-state index in [9.17, 15) is 0 Å². The Morgan fingerprint density at radius 2 is 2.08 bits per heavy atom. The molecule has 1 aromatic heterocycles. The van der Waals surface area contributed by atoms with Crippen molar-refractivity contribution in [1.82, 2.24) is 4.98 Å². The number of nitrogens with zero attached hydrogens (tertiary/aromatic N) is 1. The molecular weight excluding hydrogens is 148 g/mol. The summed E-state index contributed by atoms with van der Waals surface area (Å²) in [5, 5.41) is 0. The Morgan fingerprint density at radius 1 is 1.33 bits per heavy atom. The summed E-state index contributed by atoms with van der Waals surface area (Å²) < 4.78 is 0. The van der Waals surface area contributed by atoms with Crippen LogP contribution >= 0.6 is 0 Å². The first-order valence-electron chi connectivity index (χ1n) is 4.58. The van der Waals surface area contributed by atoms with Gasteiger partial charge in [-0.3, -0.25) is 0 Å². The second kappa shape index (κ2) is 3.13. The first kappa shape index (κ1) is 7.59. The van der Waals surface area contributed by atoms with E-state index in [-0.39, 0.29) is 0 Å². The van der Waals surface area contributed by atoms with E-state index in [2.05, 4.69) is 11.1 Å². The fraction of sp³-hybridized carbons (Fsp3) is 0.500. The molecule has 2 heteroatoms. The highest BCUT2D eigenvalue weighted by Crippen LogP contribution is 2.35. The average Bonchev–Trinajstić information content (AvgIpc) is 2.57. The minimum Gasteiger partial charge on any atom is -0.383 e. The van der Waals surface area contributed by atoms with E-state index in [4.69, 9.17) is 5.73 Å². The van der Waals surface area contributed by atoms with Crippen LogP contribution in [0.5, 0.6) is 0 Å². The van der Waals surface area contributed by atoms with Crippen molar-refractivity contribution in [2.75, 3.05) is 5.73 Å². The van der Waals surface area contributed by atoms with Crippen molar-refractivity contribution >= 4 is 5.82 Å². The van der Waals surface area contributed by atoms with Crippen LogP contribution in [0.4, 0.5) is 5.82 Å². The highest BCUT2D eigenvalue weighted by atomic mass is 14.8. The van der Waals surface area contributed by atoms with Crippen LogP contribution in [0, 0.1) is 0 Å². The summed E-state index contributed by atoms with van der Waals surface area (Å²) >= 11 is 0. The van der Waals surface area contributed by atoms with Crippen molar-refractivity contribution in [3.8, 4) is 0 Å². The van der Waals surface area contributed by atoms with Gasteiger partial charge in [0.05, 0.1) is 0 Å². The molecule has 1 aliphatic carbocycles. The minimum atomic E-state index is 0.679. The molecule has 0 radical (unpaired) electrons. The van der Waals surface area contributed by atoms with Gasteiger partial charge in [-0.05, 0) is 30.4 Å². The van der Waals surface area contributed by atoms with Crippen LogP contribution in [-0.2, 0) is 0 Å². The fourth-order valence-electron chi connectivity index (χ4n) is 2.01. The second-order valence-corrected chi connectivity index (χ2v) is 3.46. The zero-order valence-corrected chi connectivity index (χ0v) is 7.16. The van der Waals surface area contributed by atoms with Crippen molar-refractivity contribution in [1.29, 1.82) is 0 Å². The molecule has 0 aliphatic heterocycles. The third-order valence-electron chi connectivity index (χ3n) is 2.67. The smallest absolute Gasteiger partial charge is 0.126 e. The van der Waals surface area contributed by atoms with Crippen LogP contribution < -0.4 is 5.73 Å². The summed E-state index contributed by atoms with van der Waals surface area (Å²) in [6.07, 6.45) is 7.03. The highest BCUT2D eigenvalue weighted by molar-refractivity contribution is 5.41. The van der Waals surface area contributed by atoms with Gasteiger partial charge in [0.1, 0.15) is 5.82 Å². The lowest BCUT2D eigenvalue weighted by Crippen LogP contribution is -2.00. The van der Waals surface area contributed by atoms with Gasteiger partial charge in [-0.15, -0.1) is 0 Å². The van der Waals surface area contributed by atoms with Gasteiger partial charge in [0.15, 0.2) is 0 Å². The number of nitrogens with two attached hydrogens (primary N) is 1. The molecule has 0 unspecified atom stereocenters. The maximum atomic E-state index is 5.79. The molecule has 2 nitrogen and oxygen atoms in total. The molecule has 0 saturated heterocycles. The molecule has 0 aromatic carbocycles. The van der Waals surface area contributed by atoms with E-state index in [1.54, 1.807) is 6.20 Å². The van der Waals surface area contributed by atoms with E-state index in [0.717, 1.165) is 5.82 Å². The maximum absolute atomic E-state index is 5.79. The molecule has 2 rings (SSSR count). The van der Waals surface area contributed by atoms with Gasteiger partial charge in [-0.1, -0.05) is 18.9 Å². The van der Waals surface area contributed by atoms with E-state index >= 15 is 0 Å². The van der Waals surface area contributed by atoms with Crippen LogP contribution in [0.15, 0.2) is 18.3 Å². The Morgan fingerprint density at radius 3 is 2.75 bits per heavy atom. The number of rotatable bonds is 1. The van der Waals surface area contributed by atoms with Gasteiger partial charge < -0.3 is 5.73 Å². The van der Waals surface area contributed by atoms with Crippen molar-refractivity contribution in [3.63, 3.8) is 0 Å². The van der Waals surface area contributed by atoms with Gasteiger partial charge in [0, 0.05) is 6.20 Å². The van der Waals surface area contributed by atoms with Crippen LogP contribution in [0.3, 0.4) is 0 Å². The predicted molar refractivity (Wildman–Crippen MR) is 49.9 cm³/mol. The lowest BCUT2D eigenvalue weighted by atomic mass is 9.99. The number of pyridine rings is 1. The number of anilines is 1. The summed E-state index contributed by atoms with van der Waals surface area (Å²) in [6.45, 7) is 0. The number of aromatic nitrogens is 1. The molecule has 1 aromatic rings. The number of nitrogen functional groups attached to an aromatic ring is 1. The first-order chi connectivity index (χ1) is 5.88. The summed E-state index contributed by atoms with van der Waals surface area (Å²) in [6, 6.07) is 4.09. The van der Waals surface area contributed by atoms with E-state index in [1.165, 1.54) is 31.2 Å². The fourth-order valence-corrected chi connectivity index (χ4v) is 2.01. The number of hydrogen-bond donors (Lipinski definition) is 1. The zero-order valence-electron chi connectivity index (χ0n) is 7.16. The molecule has 0 bridgehead atoms. The molecule has 1 heterocycles. The highest BCUT2D eigenvalue weighted by Gasteiger charge is 2.18. The molecule has 64 valence electrons. The standard InChI is InChI=1S/C10H14N2/c11-10-9(6-3-7-12-10)8-4-1-2-5-8/h3,6-8H,1-2,4-5H2,(H2,11,12). The third-order valence-corrected chi connectivity index (χ3v) is 2.67. The van der Waals surface area contributed by atoms with Crippen molar-refractivity contribution in [3.05, 3.63) is 23.9 Å². The first-order valence-corrected chi connectivity index (χ1v) is 4.58. The predicted octanol–water partition coefficient (Wildman–Crippen LogP) is 2.32. The summed E-state index contributed by atoms with van der Waals surface area (Å²) in [5.74, 6) is 1.41. The molecule has 1 fully saturated rings. The van der Waals surface area contributed by atoms with Crippen molar-refractivity contribution < 1.29 is 0 Å². The molecule has 0 atom stereocenters. The zero-order chi connectivity index (χ0) is 8.39. The molecule has 1 saturated carbocycles. The van der Waals surface area contributed by atoms with Crippen LogP contribution in [-0.4, -0.2) is 4.98 Å². The molecule has 2 N–H and O–H groups in total. The molecule has 1 aliphatic rings. The largest absolute Gasteiger partial charge is 0.383 e. The van der Waals surface area contributed by atoms with Gasteiger partial charge in [0.25, 0.3) is 0 Å². The molecule has 0 spiro atoms. The van der Waals surface area contributed by atoms with Crippen LogP contribution in [0.25, 0.3) is 0 Å². The number of hydrogen-bond acceptors (Lipinski definition) is 2. The Labute approximate surface area is 72.8 Å². The van der Waals surface area contributed by atoms with Crippen LogP contribution in [0.2, 0.25) is 0 Å². The van der Waals surface area contributed by atoms with Gasteiger partial charge >= 0.3 is 0 Å². The minimum absolute atomic E-state index is 0.679. The second-order valence-electron chi connectivity index (χ2n) is 3.46. The molecule has 12 heavy (non-hydrogen) atoms. The lowest BCUT2D eigenvalue weighted by molar-refractivity contribution is 0.722. The van der Waals surface area contributed by atoms with Gasteiger partial charge in [0.2, 0.25) is 0 Å². The Kier molecular flexibility index (Phi) is 1.98. The van der Waals surface area contributed by atoms with Gasteiger partial charge in [-0.25, -0.2) is 4.98 Å².